The van der Waals surface area contributed by atoms with Gasteiger partial charge in [-0.2, -0.15) is 0 Å². The van der Waals surface area contributed by atoms with Gasteiger partial charge in [0.15, 0.2) is 0 Å². The number of hydrogen-bond acceptors (Lipinski definition) is 5. The minimum Gasteiger partial charge on any atom is -0.462 e. The number of benzene rings is 3. The number of carbonyl (C=O) groups is 2. The summed E-state index contributed by atoms with van der Waals surface area (Å²) in [6.45, 7) is 12.9. The van der Waals surface area contributed by atoms with E-state index in [0.29, 0.717) is 36.8 Å². The molecule has 0 bridgehead atoms. The SMILES string of the molecule is C=C(C)C(=O)OCCCC(CCCOC(=O)C(=C)CO)c1ccc(C2CCC(c3ccc(-c4ccc(CCCCC)c(CC)c4)cc3F)CC2)cc1F. The Kier molecular flexibility index (Phi) is 16.5. The fraction of sp³-hybridized carbons (Fsp3) is 0.478. The van der Waals surface area contributed by atoms with Crippen LogP contribution in [0.25, 0.3) is 11.1 Å². The van der Waals surface area contributed by atoms with E-state index in [1.54, 1.807) is 19.1 Å². The molecule has 0 spiro atoms. The van der Waals surface area contributed by atoms with Gasteiger partial charge in [0.25, 0.3) is 0 Å². The lowest BCUT2D eigenvalue weighted by molar-refractivity contribution is -0.140. The lowest BCUT2D eigenvalue weighted by Crippen LogP contribution is -2.14. The van der Waals surface area contributed by atoms with Crippen LogP contribution < -0.4 is 0 Å². The summed E-state index contributed by atoms with van der Waals surface area (Å²) in [6.07, 6.45) is 11.2. The molecule has 0 amide bonds. The first-order valence-corrected chi connectivity index (χ1v) is 19.5. The highest BCUT2D eigenvalue weighted by atomic mass is 19.1. The third-order valence-corrected chi connectivity index (χ3v) is 10.8. The summed E-state index contributed by atoms with van der Waals surface area (Å²) < 4.78 is 41.9. The van der Waals surface area contributed by atoms with Crippen molar-refractivity contribution in [1.29, 1.82) is 0 Å². The van der Waals surface area contributed by atoms with Crippen molar-refractivity contribution in [2.75, 3.05) is 19.8 Å². The Labute approximate surface area is 315 Å². The average Bonchev–Trinajstić information content (AvgIpc) is 3.17. The molecule has 0 heterocycles. The number of hydrogen-bond donors (Lipinski definition) is 1. The molecule has 286 valence electrons. The Morgan fingerprint density at radius 3 is 2.02 bits per heavy atom. The van der Waals surface area contributed by atoms with Crippen LogP contribution in [0.5, 0.6) is 0 Å². The van der Waals surface area contributed by atoms with E-state index in [4.69, 9.17) is 14.6 Å². The van der Waals surface area contributed by atoms with Crippen molar-refractivity contribution in [3.8, 4) is 11.1 Å². The summed E-state index contributed by atoms with van der Waals surface area (Å²) >= 11 is 0. The molecule has 0 radical (unpaired) electrons. The van der Waals surface area contributed by atoms with E-state index in [2.05, 4.69) is 51.3 Å². The first-order valence-electron chi connectivity index (χ1n) is 19.5. The van der Waals surface area contributed by atoms with Crippen LogP contribution in [0, 0.1) is 11.6 Å². The summed E-state index contributed by atoms with van der Waals surface area (Å²) in [5.74, 6) is -1.38. The molecule has 0 aromatic heterocycles. The first-order chi connectivity index (χ1) is 25.6. The second-order valence-corrected chi connectivity index (χ2v) is 14.7. The second-order valence-electron chi connectivity index (χ2n) is 14.7. The van der Waals surface area contributed by atoms with Gasteiger partial charge in [-0.1, -0.05) is 82.3 Å². The molecule has 1 aliphatic rings. The summed E-state index contributed by atoms with van der Waals surface area (Å²) in [4.78, 5) is 23.7. The molecule has 4 rings (SSSR count). The summed E-state index contributed by atoms with van der Waals surface area (Å²) in [5, 5.41) is 9.10. The normalized spacial score (nSPS) is 16.2. The van der Waals surface area contributed by atoms with Gasteiger partial charge in [0.1, 0.15) is 11.6 Å². The predicted octanol–water partition coefficient (Wildman–Crippen LogP) is 11.2. The maximum absolute atomic E-state index is 15.8. The molecule has 0 saturated heterocycles. The molecule has 1 N–H and O–H groups in total. The van der Waals surface area contributed by atoms with E-state index in [1.165, 1.54) is 30.4 Å². The minimum absolute atomic E-state index is 0.0144. The number of unbranched alkanes of at least 4 members (excludes halogenated alkanes) is 2. The Balaban J connectivity index is 1.38. The van der Waals surface area contributed by atoms with Crippen molar-refractivity contribution in [3.63, 3.8) is 0 Å². The van der Waals surface area contributed by atoms with Gasteiger partial charge in [0.2, 0.25) is 0 Å². The van der Waals surface area contributed by atoms with Gasteiger partial charge in [0.05, 0.1) is 25.4 Å². The van der Waals surface area contributed by atoms with E-state index in [-0.39, 0.29) is 48.2 Å². The second kappa shape index (κ2) is 21.0. The van der Waals surface area contributed by atoms with Gasteiger partial charge in [-0.25, -0.2) is 18.4 Å². The van der Waals surface area contributed by atoms with Crippen LogP contribution in [0.2, 0.25) is 0 Å². The largest absolute Gasteiger partial charge is 0.462 e. The van der Waals surface area contributed by atoms with Crippen LogP contribution in [-0.4, -0.2) is 36.9 Å². The molecular formula is C46H58F2O5. The van der Waals surface area contributed by atoms with Gasteiger partial charge in [-0.3, -0.25) is 0 Å². The standard InChI is InChI=1S/C46H58F2O5/c1-6-8-9-12-34-17-20-38(27-33(34)7-2)40-22-24-42(44(48)29-40)37-18-15-35(16-19-37)39-21-23-41(43(47)28-39)36(13-10-25-52-45(50)31(3)4)14-11-26-53-46(51)32(5)30-49/h17,20-24,27-29,35-37,49H,3,5-16,18-19,25-26,30H2,1-2,4H3. The average molecular weight is 729 g/mol. The summed E-state index contributed by atoms with van der Waals surface area (Å²) in [5.41, 5.74) is 7.32. The summed E-state index contributed by atoms with van der Waals surface area (Å²) in [7, 11) is 0. The van der Waals surface area contributed by atoms with Crippen molar-refractivity contribution in [1.82, 2.24) is 0 Å². The summed E-state index contributed by atoms with van der Waals surface area (Å²) in [6, 6.07) is 17.8. The highest BCUT2D eigenvalue weighted by Gasteiger charge is 2.27. The van der Waals surface area contributed by atoms with E-state index in [0.717, 1.165) is 60.8 Å². The Morgan fingerprint density at radius 1 is 0.774 bits per heavy atom. The Hall–Kier alpha value is -4.10. The van der Waals surface area contributed by atoms with E-state index < -0.39 is 18.5 Å². The molecule has 3 aromatic carbocycles. The maximum atomic E-state index is 15.8. The van der Waals surface area contributed by atoms with Gasteiger partial charge in [0, 0.05) is 5.57 Å². The van der Waals surface area contributed by atoms with E-state index in [1.807, 2.05) is 18.2 Å². The molecule has 5 nitrogen and oxygen atoms in total. The molecule has 53 heavy (non-hydrogen) atoms. The van der Waals surface area contributed by atoms with Crippen molar-refractivity contribution in [2.45, 2.75) is 122 Å². The van der Waals surface area contributed by atoms with Crippen LogP contribution in [0.3, 0.4) is 0 Å². The smallest absolute Gasteiger partial charge is 0.335 e. The van der Waals surface area contributed by atoms with Gasteiger partial charge in [-0.15, -0.1) is 0 Å². The fourth-order valence-electron chi connectivity index (χ4n) is 7.58. The number of aryl methyl sites for hydroxylation is 2. The Bertz CT molecular complexity index is 1700. The molecule has 3 aromatic rings. The number of aliphatic hydroxyl groups excluding tert-OH is 1. The minimum atomic E-state index is -0.648. The molecule has 1 unspecified atom stereocenters. The number of halogens is 2. The van der Waals surface area contributed by atoms with Crippen LogP contribution in [0.1, 0.15) is 137 Å². The number of aliphatic hydroxyl groups is 1. The van der Waals surface area contributed by atoms with Crippen molar-refractivity contribution < 1.29 is 33.0 Å². The molecule has 0 aliphatic heterocycles. The number of rotatable bonds is 20. The zero-order chi connectivity index (χ0) is 38.3. The molecule has 1 aliphatic carbocycles. The lowest BCUT2D eigenvalue weighted by Gasteiger charge is -2.30. The molecule has 1 atom stereocenters. The van der Waals surface area contributed by atoms with Crippen molar-refractivity contribution in [3.05, 3.63) is 118 Å². The number of esters is 2. The lowest BCUT2D eigenvalue weighted by atomic mass is 9.75. The van der Waals surface area contributed by atoms with Crippen molar-refractivity contribution >= 4 is 11.9 Å². The fourth-order valence-corrected chi connectivity index (χ4v) is 7.58. The third-order valence-electron chi connectivity index (χ3n) is 10.8. The first kappa shape index (κ1) is 41.7. The van der Waals surface area contributed by atoms with Crippen LogP contribution >= 0.6 is 0 Å². The van der Waals surface area contributed by atoms with E-state index in [9.17, 15) is 9.59 Å². The number of carbonyl (C=O) groups excluding carboxylic acids is 2. The highest BCUT2D eigenvalue weighted by Crippen LogP contribution is 2.42. The maximum Gasteiger partial charge on any atom is 0.335 e. The molecular weight excluding hydrogens is 670 g/mol. The van der Waals surface area contributed by atoms with Gasteiger partial charge >= 0.3 is 11.9 Å². The molecule has 1 saturated carbocycles. The molecule has 7 heteroatoms. The predicted molar refractivity (Wildman–Crippen MR) is 209 cm³/mol. The van der Waals surface area contributed by atoms with Gasteiger partial charge < -0.3 is 14.6 Å². The number of ether oxygens (including phenoxy) is 2. The van der Waals surface area contributed by atoms with Crippen LogP contribution in [-0.2, 0) is 31.9 Å². The molecule has 1 fully saturated rings. The quantitative estimate of drug-likeness (QED) is 0.0712. The van der Waals surface area contributed by atoms with Crippen LogP contribution in [0.4, 0.5) is 8.78 Å². The zero-order valence-corrected chi connectivity index (χ0v) is 32.0. The monoisotopic (exact) mass is 728 g/mol. The van der Waals surface area contributed by atoms with Gasteiger partial charge in [-0.05, 0) is 146 Å². The Morgan fingerprint density at radius 2 is 1.42 bits per heavy atom. The van der Waals surface area contributed by atoms with Crippen molar-refractivity contribution in [2.24, 2.45) is 0 Å². The topological polar surface area (TPSA) is 72.8 Å². The zero-order valence-electron chi connectivity index (χ0n) is 32.0. The van der Waals surface area contributed by atoms with E-state index >= 15 is 8.78 Å². The highest BCUT2D eigenvalue weighted by molar-refractivity contribution is 5.88. The third kappa shape index (κ3) is 11.9. The van der Waals surface area contributed by atoms with Crippen LogP contribution in [0.15, 0.2) is 78.9 Å².